The molecule has 2 nitrogen and oxygen atoms in total. The molecule has 0 bridgehead atoms. The summed E-state index contributed by atoms with van der Waals surface area (Å²) in [5.41, 5.74) is 0.835. The minimum atomic E-state index is -0.459. The highest BCUT2D eigenvalue weighted by Gasteiger charge is 2.02. The van der Waals surface area contributed by atoms with Crippen LogP contribution in [0.4, 0.5) is 10.1 Å². The first-order valence-electron chi connectivity index (χ1n) is 6.07. The summed E-state index contributed by atoms with van der Waals surface area (Å²) in [6, 6.07) is 6.43. The fourth-order valence-electron chi connectivity index (χ4n) is 1.63. The second kappa shape index (κ2) is 6.90. The Morgan fingerprint density at radius 3 is 2.71 bits per heavy atom. The molecule has 1 aromatic rings. The molecule has 0 atom stereocenters. The highest BCUT2D eigenvalue weighted by atomic mass is 19.1. The number of unbranched alkanes of at least 4 members (excludes halogenated alkanes) is 1. The van der Waals surface area contributed by atoms with Gasteiger partial charge < -0.3 is 5.32 Å². The van der Waals surface area contributed by atoms with Gasteiger partial charge in [0, 0.05) is 12.2 Å². The Bertz CT molecular complexity index is 394. The van der Waals surface area contributed by atoms with E-state index in [0.717, 1.165) is 24.6 Å². The van der Waals surface area contributed by atoms with E-state index in [-0.39, 0.29) is 5.56 Å². The molecule has 0 aromatic heterocycles. The molecule has 0 unspecified atom stereocenters. The van der Waals surface area contributed by atoms with Crippen LogP contribution in [-0.2, 0) is 0 Å². The summed E-state index contributed by atoms with van der Waals surface area (Å²) in [7, 11) is 0. The minimum absolute atomic E-state index is 0.0929. The maximum atomic E-state index is 13.3. The van der Waals surface area contributed by atoms with Crippen molar-refractivity contribution in [3.05, 3.63) is 29.6 Å². The van der Waals surface area contributed by atoms with Gasteiger partial charge in [-0.15, -0.1) is 0 Å². The molecule has 1 aromatic carbocycles. The number of benzene rings is 1. The van der Waals surface area contributed by atoms with Gasteiger partial charge in [-0.1, -0.05) is 26.7 Å². The smallest absolute Gasteiger partial charge is 0.143 e. The van der Waals surface area contributed by atoms with E-state index in [2.05, 4.69) is 19.2 Å². The Morgan fingerprint density at radius 1 is 1.35 bits per heavy atom. The second-order valence-corrected chi connectivity index (χ2v) is 4.62. The maximum Gasteiger partial charge on any atom is 0.143 e. The number of hydrogen-bond acceptors (Lipinski definition) is 2. The van der Waals surface area contributed by atoms with Gasteiger partial charge in [-0.25, -0.2) is 4.39 Å². The number of rotatable bonds is 6. The molecule has 1 rings (SSSR count). The van der Waals surface area contributed by atoms with Gasteiger partial charge in [-0.2, -0.15) is 5.26 Å². The van der Waals surface area contributed by atoms with E-state index >= 15 is 0 Å². The molecule has 0 saturated heterocycles. The van der Waals surface area contributed by atoms with Crippen molar-refractivity contribution in [2.45, 2.75) is 33.1 Å². The predicted octanol–water partition coefficient (Wildman–Crippen LogP) is 3.94. The summed E-state index contributed by atoms with van der Waals surface area (Å²) in [5, 5.41) is 11.8. The summed E-state index contributed by atoms with van der Waals surface area (Å²) < 4.78 is 13.3. The molecule has 3 heteroatoms. The number of nitriles is 1. The fourth-order valence-corrected chi connectivity index (χ4v) is 1.63. The lowest BCUT2D eigenvalue weighted by atomic mass is 10.1. The number of nitrogens with zero attached hydrogens (tertiary/aromatic N) is 1. The molecule has 0 aliphatic carbocycles. The summed E-state index contributed by atoms with van der Waals surface area (Å²) in [5.74, 6) is 0.280. The standard InChI is InChI=1S/C14H19FN2/c1-11(2)5-3-4-8-17-13-7-6-12(10-16)14(15)9-13/h6-7,9,11,17H,3-5,8H2,1-2H3. The van der Waals surface area contributed by atoms with Crippen LogP contribution in [0.5, 0.6) is 0 Å². The zero-order valence-electron chi connectivity index (χ0n) is 10.5. The zero-order valence-corrected chi connectivity index (χ0v) is 10.5. The summed E-state index contributed by atoms with van der Waals surface area (Å²) >= 11 is 0. The Morgan fingerprint density at radius 2 is 2.12 bits per heavy atom. The van der Waals surface area contributed by atoms with Gasteiger partial charge in [0.2, 0.25) is 0 Å². The fraction of sp³-hybridized carbons (Fsp3) is 0.500. The van der Waals surface area contributed by atoms with Gasteiger partial charge in [0.25, 0.3) is 0 Å². The third-order valence-electron chi connectivity index (χ3n) is 2.63. The SMILES string of the molecule is CC(C)CCCCNc1ccc(C#N)c(F)c1. The topological polar surface area (TPSA) is 35.8 Å². The summed E-state index contributed by atoms with van der Waals surface area (Å²) in [4.78, 5) is 0. The molecule has 0 fully saturated rings. The monoisotopic (exact) mass is 234 g/mol. The third-order valence-corrected chi connectivity index (χ3v) is 2.63. The van der Waals surface area contributed by atoms with Crippen molar-refractivity contribution in [1.82, 2.24) is 0 Å². The molecule has 0 heterocycles. The van der Waals surface area contributed by atoms with Crippen LogP contribution >= 0.6 is 0 Å². The lowest BCUT2D eigenvalue weighted by Gasteiger charge is -2.07. The average Bonchev–Trinajstić information content (AvgIpc) is 2.28. The zero-order chi connectivity index (χ0) is 12.7. The molecule has 0 aliphatic heterocycles. The van der Waals surface area contributed by atoms with Gasteiger partial charge in [-0.05, 0) is 30.5 Å². The molecule has 0 amide bonds. The molecule has 0 saturated carbocycles. The van der Waals surface area contributed by atoms with Crippen molar-refractivity contribution in [1.29, 1.82) is 5.26 Å². The average molecular weight is 234 g/mol. The largest absolute Gasteiger partial charge is 0.385 e. The molecule has 92 valence electrons. The molecule has 1 N–H and O–H groups in total. The van der Waals surface area contributed by atoms with E-state index in [1.807, 2.05) is 6.07 Å². The van der Waals surface area contributed by atoms with Crippen LogP contribution in [0.1, 0.15) is 38.7 Å². The first kappa shape index (κ1) is 13.5. The van der Waals surface area contributed by atoms with E-state index in [4.69, 9.17) is 5.26 Å². The van der Waals surface area contributed by atoms with Crippen LogP contribution in [-0.4, -0.2) is 6.54 Å². The van der Waals surface area contributed by atoms with E-state index in [0.29, 0.717) is 0 Å². The first-order valence-corrected chi connectivity index (χ1v) is 6.07. The van der Waals surface area contributed by atoms with E-state index in [1.54, 1.807) is 6.07 Å². The van der Waals surface area contributed by atoms with E-state index in [1.165, 1.54) is 25.0 Å². The quantitative estimate of drug-likeness (QED) is 0.757. The molecule has 17 heavy (non-hydrogen) atoms. The Balaban J connectivity index is 2.33. The van der Waals surface area contributed by atoms with Crippen molar-refractivity contribution in [2.24, 2.45) is 5.92 Å². The lowest BCUT2D eigenvalue weighted by Crippen LogP contribution is -2.02. The molecule has 0 aliphatic rings. The highest BCUT2D eigenvalue weighted by molar-refractivity contribution is 5.47. The van der Waals surface area contributed by atoms with Crippen LogP contribution in [0.25, 0.3) is 0 Å². The second-order valence-electron chi connectivity index (χ2n) is 4.62. The number of nitrogens with one attached hydrogen (secondary N) is 1. The minimum Gasteiger partial charge on any atom is -0.385 e. The van der Waals surface area contributed by atoms with Crippen LogP contribution < -0.4 is 5.32 Å². The Kier molecular flexibility index (Phi) is 5.48. The van der Waals surface area contributed by atoms with Crippen molar-refractivity contribution in [3.63, 3.8) is 0 Å². The van der Waals surface area contributed by atoms with E-state index < -0.39 is 5.82 Å². The number of anilines is 1. The van der Waals surface area contributed by atoms with Gasteiger partial charge in [-0.3, -0.25) is 0 Å². The van der Waals surface area contributed by atoms with E-state index in [9.17, 15) is 4.39 Å². The van der Waals surface area contributed by atoms with Crippen LogP contribution in [0.2, 0.25) is 0 Å². The lowest BCUT2D eigenvalue weighted by molar-refractivity contribution is 0.544. The van der Waals surface area contributed by atoms with Crippen LogP contribution in [0.15, 0.2) is 18.2 Å². The van der Waals surface area contributed by atoms with Crippen molar-refractivity contribution < 1.29 is 4.39 Å². The molecule has 0 spiro atoms. The predicted molar refractivity (Wildman–Crippen MR) is 68.3 cm³/mol. The van der Waals surface area contributed by atoms with Crippen molar-refractivity contribution >= 4 is 5.69 Å². The first-order chi connectivity index (χ1) is 8.13. The highest BCUT2D eigenvalue weighted by Crippen LogP contribution is 2.14. The van der Waals surface area contributed by atoms with Crippen LogP contribution in [0, 0.1) is 23.1 Å². The Labute approximate surface area is 102 Å². The maximum absolute atomic E-state index is 13.3. The van der Waals surface area contributed by atoms with Crippen molar-refractivity contribution in [3.8, 4) is 6.07 Å². The number of hydrogen-bond donors (Lipinski definition) is 1. The third kappa shape index (κ3) is 4.86. The summed E-state index contributed by atoms with van der Waals surface area (Å²) in [6.07, 6.45) is 3.49. The Hall–Kier alpha value is -1.56. The molecule has 0 radical (unpaired) electrons. The van der Waals surface area contributed by atoms with Crippen LogP contribution in [0.3, 0.4) is 0 Å². The van der Waals surface area contributed by atoms with Gasteiger partial charge >= 0.3 is 0 Å². The normalized spacial score (nSPS) is 10.3. The summed E-state index contributed by atoms with van der Waals surface area (Å²) in [6.45, 7) is 5.27. The van der Waals surface area contributed by atoms with Gasteiger partial charge in [0.05, 0.1) is 5.56 Å². The molecular weight excluding hydrogens is 215 g/mol. The molecular formula is C14H19FN2. The van der Waals surface area contributed by atoms with Gasteiger partial charge in [0.1, 0.15) is 11.9 Å². The van der Waals surface area contributed by atoms with Gasteiger partial charge in [0.15, 0.2) is 0 Å². The van der Waals surface area contributed by atoms with Crippen molar-refractivity contribution in [2.75, 3.05) is 11.9 Å². The number of halogens is 1.